The Balaban J connectivity index is -0.00000000396. The molecule has 6 nitrogen and oxygen atoms in total. The molecule has 0 saturated carbocycles. The van der Waals surface area contributed by atoms with Gasteiger partial charge in [-0.3, -0.25) is 0 Å². The molecule has 0 aromatic rings. The summed E-state index contributed by atoms with van der Waals surface area (Å²) < 4.78 is 0. The summed E-state index contributed by atoms with van der Waals surface area (Å²) in [6, 6.07) is 0. The van der Waals surface area contributed by atoms with E-state index < -0.39 is 0 Å². The molecule has 0 aliphatic rings. The molecule has 0 saturated heterocycles. The topological polar surface area (TPSA) is 143 Å². The first-order valence-electron chi connectivity index (χ1n) is 1.34. The maximum atomic E-state index is 6.25. The summed E-state index contributed by atoms with van der Waals surface area (Å²) in [7, 11) is 0. The van der Waals surface area contributed by atoms with Gasteiger partial charge in [-0.15, -0.1) is 0 Å². The fourth-order valence-electron chi connectivity index (χ4n) is 0. The van der Waals surface area contributed by atoms with E-state index in [1.165, 1.54) is 0 Å². The summed E-state index contributed by atoms with van der Waals surface area (Å²) >= 11 is 0. The van der Waals surface area contributed by atoms with Gasteiger partial charge in [-0.05, 0) is 0 Å². The van der Waals surface area contributed by atoms with Crippen molar-refractivity contribution in [2.24, 2.45) is 0 Å². The summed E-state index contributed by atoms with van der Waals surface area (Å²) in [5.74, 6) is 0. The first-order chi connectivity index (χ1) is 6.00. The van der Waals surface area contributed by atoms with Crippen LogP contribution in [0.15, 0.2) is 0 Å². The molecule has 15 heavy (non-hydrogen) atoms. The first kappa shape index (κ1) is 89.6. The smallest absolute Gasteiger partial charge is 0.512 e. The molecule has 9 heteroatoms. The van der Waals surface area contributed by atoms with Gasteiger partial charge in [0.2, 0.25) is 0 Å². The molecule has 0 aromatic carbocycles. The first-order valence-corrected chi connectivity index (χ1v) is 1.34. The molecular formula is C6CaCoN6Zn+. The van der Waals surface area contributed by atoms with Crippen LogP contribution >= 0.6 is 0 Å². The molecule has 0 bridgehead atoms. The van der Waals surface area contributed by atoms with E-state index in [1.54, 1.807) is 0 Å². The van der Waals surface area contributed by atoms with Crippen LogP contribution in [0.25, 0.3) is 0 Å². The van der Waals surface area contributed by atoms with Crippen LogP contribution in [-0.2, 0) is 36.3 Å². The van der Waals surface area contributed by atoms with Gasteiger partial charge >= 0.3 is 74.0 Å². The van der Waals surface area contributed by atoms with Crippen LogP contribution in [0.4, 0.5) is 0 Å². The average molecular weight is 321 g/mol. The second kappa shape index (κ2) is 4510. The predicted molar refractivity (Wildman–Crippen MR) is 35.6 cm³/mol. The summed E-state index contributed by atoms with van der Waals surface area (Å²) in [5.41, 5.74) is 0. The van der Waals surface area contributed by atoms with Gasteiger partial charge in [-0.25, -0.2) is 0 Å². The third kappa shape index (κ3) is 3810. The average Bonchev–Trinajstić information content (AvgIpc) is 2.33. The van der Waals surface area contributed by atoms with Gasteiger partial charge in [-0.2, -0.15) is 0 Å². The third-order valence-corrected chi connectivity index (χ3v) is 0. The largest absolute Gasteiger partial charge is 3.00 e. The zero-order valence-corrected chi connectivity index (χ0v) is 13.6. The molecule has 0 aliphatic heterocycles. The molecule has 0 amide bonds. The van der Waals surface area contributed by atoms with Crippen molar-refractivity contribution in [2.45, 2.75) is 0 Å². The Morgan fingerprint density at radius 3 is 0.400 bits per heavy atom. The van der Waals surface area contributed by atoms with E-state index in [9.17, 15) is 0 Å². The number of hydrogen-bond acceptors (Lipinski definition) is 6. The van der Waals surface area contributed by atoms with E-state index in [4.69, 9.17) is 71.0 Å². The molecule has 0 unspecified atom stereocenters. The Morgan fingerprint density at radius 2 is 0.400 bits per heavy atom. The Morgan fingerprint density at radius 1 is 0.400 bits per heavy atom. The fourth-order valence-corrected chi connectivity index (χ4v) is 0. The molecule has 0 spiro atoms. The number of hydrogen-bond donors (Lipinski definition) is 0. The van der Waals surface area contributed by atoms with Crippen molar-refractivity contribution in [3.8, 4) is 0 Å². The molecule has 0 heterocycles. The molecule has 0 N–H and O–H groups in total. The Bertz CT molecular complexity index is 103. The van der Waals surface area contributed by atoms with Crippen molar-refractivity contribution < 1.29 is 36.3 Å². The maximum absolute atomic E-state index is 6.25. The second-order valence-electron chi connectivity index (χ2n) is 0. The van der Waals surface area contributed by atoms with E-state index >= 15 is 0 Å². The standard InChI is InChI=1S/6CN.Ca.Co.Zn/c6*1-2;;;/q6*-1;+2;+3;+2. The van der Waals surface area contributed by atoms with Crippen molar-refractivity contribution in [3.05, 3.63) is 39.4 Å². The van der Waals surface area contributed by atoms with Crippen molar-refractivity contribution in [1.82, 2.24) is 0 Å². The quantitative estimate of drug-likeness (QED) is 0.460. The van der Waals surface area contributed by atoms with Crippen LogP contribution in [0.3, 0.4) is 0 Å². The fraction of sp³-hybridized carbons (Fsp3) is 0. The Labute approximate surface area is 143 Å². The maximum Gasteiger partial charge on any atom is 3.00 e. The monoisotopic (exact) mass is 319 g/mol. The molecule has 0 aromatic heterocycles. The van der Waals surface area contributed by atoms with Gasteiger partial charge < -0.3 is 71.0 Å². The molecule has 0 fully saturated rings. The molecule has 0 rings (SSSR count). The minimum atomic E-state index is 0. The van der Waals surface area contributed by atoms with Crippen LogP contribution in [0, 0.1) is 71.0 Å². The second-order valence-corrected chi connectivity index (χ2v) is 0. The van der Waals surface area contributed by atoms with Crippen molar-refractivity contribution >= 4 is 37.7 Å². The van der Waals surface area contributed by atoms with E-state index in [0.29, 0.717) is 0 Å². The van der Waals surface area contributed by atoms with Gasteiger partial charge in [0.15, 0.2) is 0 Å². The zero-order valence-electron chi connectivity index (χ0n) is 7.43. The number of rotatable bonds is 0. The summed E-state index contributed by atoms with van der Waals surface area (Å²) in [6.45, 7) is 28.5. The van der Waals surface area contributed by atoms with E-state index in [-0.39, 0.29) is 74.0 Å². The van der Waals surface area contributed by atoms with Gasteiger partial charge in [0.25, 0.3) is 0 Å². The summed E-state index contributed by atoms with van der Waals surface area (Å²) in [5, 5.41) is 37.5. The molecule has 0 aliphatic carbocycles. The third-order valence-electron chi connectivity index (χ3n) is 0. The normalized spacial score (nSPS) is 0.800. The summed E-state index contributed by atoms with van der Waals surface area (Å²) in [6.07, 6.45) is 0. The van der Waals surface area contributed by atoms with Gasteiger partial charge in [-0.1, -0.05) is 0 Å². The minimum Gasteiger partial charge on any atom is -0.512 e. The van der Waals surface area contributed by atoms with Crippen LogP contribution in [-0.4, -0.2) is 37.7 Å². The van der Waals surface area contributed by atoms with Crippen LogP contribution < -0.4 is 0 Å². The van der Waals surface area contributed by atoms with Gasteiger partial charge in [0, 0.05) is 0 Å². The van der Waals surface area contributed by atoms with Crippen molar-refractivity contribution in [2.75, 3.05) is 0 Å². The van der Waals surface area contributed by atoms with E-state index in [1.807, 2.05) is 0 Å². The SMILES string of the molecule is [C-]#N.[C-]#N.[C-]#N.[C-]#N.[C-]#N.[C-]#N.[Ca+2].[Co+3].[Zn+2]. The van der Waals surface area contributed by atoms with Gasteiger partial charge in [0.1, 0.15) is 0 Å². The van der Waals surface area contributed by atoms with Crippen LogP contribution in [0.5, 0.6) is 0 Å². The van der Waals surface area contributed by atoms with E-state index in [0.717, 1.165) is 0 Å². The van der Waals surface area contributed by atoms with Crippen molar-refractivity contribution in [3.63, 3.8) is 0 Å². The predicted octanol–water partition coefficient (Wildman–Crippen LogP) is 0.192. The molecule has 66 valence electrons. The molecule has 0 atom stereocenters. The van der Waals surface area contributed by atoms with E-state index in [2.05, 4.69) is 0 Å². The van der Waals surface area contributed by atoms with Gasteiger partial charge in [0.05, 0.1) is 0 Å². The summed E-state index contributed by atoms with van der Waals surface area (Å²) in [4.78, 5) is 0. The molecule has 0 radical (unpaired) electrons. The van der Waals surface area contributed by atoms with Crippen molar-refractivity contribution in [1.29, 1.82) is 31.6 Å². The Kier molecular flexibility index (Phi) is 26900. The van der Waals surface area contributed by atoms with Crippen LogP contribution in [0.2, 0.25) is 0 Å². The Hall–Kier alpha value is -0.670. The number of nitrogens with zero attached hydrogens (tertiary/aromatic N) is 6. The molecular weight excluding hydrogens is 321 g/mol. The zero-order chi connectivity index (χ0) is 12.0. The minimum absolute atomic E-state index is 0. The van der Waals surface area contributed by atoms with Crippen LogP contribution in [0.1, 0.15) is 0 Å².